The number of nitrogen functional groups attached to an aromatic ring is 2. The highest BCUT2D eigenvalue weighted by molar-refractivity contribution is 7.47. The molecule has 12 atom stereocenters. The van der Waals surface area contributed by atoms with Crippen molar-refractivity contribution < 1.29 is 89.9 Å². The van der Waals surface area contributed by atoms with Gasteiger partial charge < -0.3 is 72.9 Å². The molecule has 0 radical (unpaired) electrons. The minimum atomic E-state index is -5.30. The molecule has 90 heavy (non-hydrogen) atoms. The number of nitrogens with zero attached hydrogens (tertiary/aromatic N) is 8. The number of ether oxygens (including phenoxy) is 3. The second-order valence-corrected chi connectivity index (χ2v) is 24.4. The van der Waals surface area contributed by atoms with Crippen LogP contribution in [0.15, 0.2) is 60.2 Å². The number of hydrogen-bond acceptors (Lipinski definition) is 25. The third-order valence-electron chi connectivity index (χ3n) is 14.9. The number of rotatable bonds is 23. The molecule has 4 aromatic heterocycles. The van der Waals surface area contributed by atoms with Gasteiger partial charge in [0.2, 0.25) is 23.7 Å². The summed E-state index contributed by atoms with van der Waals surface area (Å²) in [7, 11) is -10.5. The summed E-state index contributed by atoms with van der Waals surface area (Å²) in [5.74, 6) is -4.37. The van der Waals surface area contributed by atoms with Crippen LogP contribution in [-0.2, 0) is 72.0 Å². The molecular weight excluding hydrogens is 1230 g/mol. The molecular formula is C51H67N17O20P2. The summed E-state index contributed by atoms with van der Waals surface area (Å²) in [6.07, 6.45) is -4.58. The molecule has 0 saturated carbocycles. The summed E-state index contributed by atoms with van der Waals surface area (Å²) in [6, 6.07) is 3.12. The molecule has 3 fully saturated rings. The van der Waals surface area contributed by atoms with Gasteiger partial charge in [-0.2, -0.15) is 4.98 Å². The standard InChI is InChI=1S/C51H67N17O20P2/c1-25(2)35(63-32(69)8-4-3-5-18-66-33(70)13-14-34(66)71)45(74)62-29(7-6-16-55-50(54)76)44(73)61-27-11-9-26(10-12-27)19-82-51(77)56-17-15-28-30-20-83-90(80,81)88-40-31(86-47(38(40)72)67-23-59-36-41(52)57-22-58-42(36)67)21-84-89(78,79)87-39(28)48(85-30)68-24-60-37-43(68)64-49(53)65-46(37)75/h9-14,22-25,28-31,35,38-40,47-48,72H,3-8,15-21H2,1-2H3,(H,56,77)(H,61,73)(H,62,74)(H,63,69)(H,78,79)(H,80,81)(H2,52,57,58)(H3,54,55,76)(H3,53,64,65,75)/t28?,29-,30+,31+,35?,38?,39?,40?,47+,48+/m0/s1. The number of unbranched alkanes of at least 4 members (excludes halogenated alkanes) is 2. The highest BCUT2D eigenvalue weighted by atomic mass is 31.2. The first-order chi connectivity index (χ1) is 42.8. The molecule has 9 rings (SSSR count). The fourth-order valence-corrected chi connectivity index (χ4v) is 12.3. The Balaban J connectivity index is 0.818. The van der Waals surface area contributed by atoms with E-state index in [2.05, 4.69) is 56.5 Å². The number of aromatic amines is 1. The molecule has 37 nitrogen and oxygen atoms in total. The molecule has 8 heterocycles. The molecule has 5 aromatic rings. The lowest BCUT2D eigenvalue weighted by atomic mass is 9.94. The predicted octanol–water partition coefficient (Wildman–Crippen LogP) is -0.272. The van der Waals surface area contributed by atoms with Gasteiger partial charge in [-0.05, 0) is 55.7 Å². The number of imidazole rings is 2. The second-order valence-electron chi connectivity index (χ2n) is 21.5. The number of carbonyl (C=O) groups is 7. The van der Waals surface area contributed by atoms with Crippen molar-refractivity contribution in [3.05, 3.63) is 71.3 Å². The number of primary amides is 1. The van der Waals surface area contributed by atoms with Gasteiger partial charge in [-0.25, -0.2) is 38.7 Å². The molecule has 39 heteroatoms. The normalized spacial score (nSPS) is 25.9. The maximum atomic E-state index is 14.1. The molecule has 4 aliphatic heterocycles. The maximum absolute atomic E-state index is 14.1. The smallest absolute Gasteiger partial charge is 0.445 e. The van der Waals surface area contributed by atoms with Crippen molar-refractivity contribution in [2.45, 2.75) is 120 Å². The van der Waals surface area contributed by atoms with E-state index in [0.717, 1.165) is 17.6 Å². The number of nitrogens with one attached hydrogen (secondary N) is 6. The summed E-state index contributed by atoms with van der Waals surface area (Å²) in [6.45, 7) is 1.46. The van der Waals surface area contributed by atoms with Gasteiger partial charge in [0.1, 0.15) is 55.0 Å². The average Bonchev–Trinajstić information content (AvgIpc) is 1.63. The summed E-state index contributed by atoms with van der Waals surface area (Å²) in [5, 5.41) is 24.7. The molecule has 8 amide bonds. The number of H-pyrrole nitrogens is 1. The van der Waals surface area contributed by atoms with Gasteiger partial charge >= 0.3 is 27.8 Å². The second kappa shape index (κ2) is 28.6. The largest absolute Gasteiger partial charge is 0.472 e. The zero-order chi connectivity index (χ0) is 64.6. The van der Waals surface area contributed by atoms with Crippen LogP contribution in [0.5, 0.6) is 0 Å². The van der Waals surface area contributed by atoms with Crippen molar-refractivity contribution >= 4 is 97.1 Å². The summed E-state index contributed by atoms with van der Waals surface area (Å²) >= 11 is 0. The van der Waals surface area contributed by atoms with Crippen LogP contribution in [0.3, 0.4) is 0 Å². The van der Waals surface area contributed by atoms with Gasteiger partial charge in [0, 0.05) is 49.8 Å². The van der Waals surface area contributed by atoms with Gasteiger partial charge in [-0.1, -0.05) is 32.4 Å². The van der Waals surface area contributed by atoms with E-state index in [1.165, 1.54) is 39.7 Å². The van der Waals surface area contributed by atoms with E-state index in [1.807, 2.05) is 0 Å². The fourth-order valence-electron chi connectivity index (χ4n) is 10.4. The molecule has 2 bridgehead atoms. The molecule has 1 aromatic carbocycles. The number of fused-ring (bicyclic) bond motifs is 5. The highest BCUT2D eigenvalue weighted by Gasteiger charge is 2.54. The van der Waals surface area contributed by atoms with Crippen LogP contribution < -0.4 is 49.3 Å². The van der Waals surface area contributed by atoms with Crippen molar-refractivity contribution in [1.29, 1.82) is 0 Å². The Bertz CT molecular complexity index is 3660. The Hall–Kier alpha value is -8.35. The summed E-state index contributed by atoms with van der Waals surface area (Å²) < 4.78 is 70.3. The molecule has 0 aliphatic carbocycles. The number of nitrogens with two attached hydrogens (primary N) is 3. The first kappa shape index (κ1) is 66.1. The lowest BCUT2D eigenvalue weighted by Crippen LogP contribution is -2.54. The van der Waals surface area contributed by atoms with Crippen molar-refractivity contribution in [3.63, 3.8) is 0 Å². The molecule has 3 saturated heterocycles. The summed E-state index contributed by atoms with van der Waals surface area (Å²) in [4.78, 5) is 148. The molecule has 15 N–H and O–H groups in total. The number of phosphoric ester groups is 2. The molecule has 4 aliphatic rings. The number of alkyl carbamates (subject to hydrolysis) is 1. The first-order valence-electron chi connectivity index (χ1n) is 28.3. The Labute approximate surface area is 509 Å². The lowest BCUT2D eigenvalue weighted by molar-refractivity contribution is -0.137. The number of aromatic nitrogens is 8. The Morgan fingerprint density at radius 2 is 1.46 bits per heavy atom. The highest BCUT2D eigenvalue weighted by Crippen LogP contribution is 2.55. The number of aliphatic hydroxyl groups excluding tert-OH is 1. The van der Waals surface area contributed by atoms with Crippen LogP contribution in [0.25, 0.3) is 22.3 Å². The first-order valence-corrected chi connectivity index (χ1v) is 31.3. The van der Waals surface area contributed by atoms with Crippen LogP contribution in [0.2, 0.25) is 0 Å². The average molecular weight is 1300 g/mol. The number of benzene rings is 1. The number of amides is 8. The van der Waals surface area contributed by atoms with Crippen LogP contribution >= 0.6 is 15.6 Å². The number of phosphoric acid groups is 2. The van der Waals surface area contributed by atoms with Crippen molar-refractivity contribution in [2.24, 2.45) is 17.6 Å². The van der Waals surface area contributed by atoms with Crippen LogP contribution in [0, 0.1) is 11.8 Å². The van der Waals surface area contributed by atoms with Crippen molar-refractivity contribution in [3.8, 4) is 0 Å². The minimum absolute atomic E-state index is 0.00690. The monoisotopic (exact) mass is 1300 g/mol. The zero-order valence-corrected chi connectivity index (χ0v) is 50.0. The molecule has 486 valence electrons. The number of imide groups is 1. The van der Waals surface area contributed by atoms with E-state index in [9.17, 15) is 62.4 Å². The van der Waals surface area contributed by atoms with E-state index in [0.29, 0.717) is 24.8 Å². The maximum Gasteiger partial charge on any atom is 0.472 e. The van der Waals surface area contributed by atoms with E-state index in [-0.39, 0.29) is 91.7 Å². The zero-order valence-electron chi connectivity index (χ0n) is 48.2. The Morgan fingerprint density at radius 1 is 0.789 bits per heavy atom. The Kier molecular flexibility index (Phi) is 21.0. The van der Waals surface area contributed by atoms with E-state index in [1.54, 1.807) is 26.0 Å². The van der Waals surface area contributed by atoms with E-state index >= 15 is 0 Å². The van der Waals surface area contributed by atoms with Gasteiger partial charge in [0.15, 0.2) is 35.1 Å². The Morgan fingerprint density at radius 3 is 2.16 bits per heavy atom. The lowest BCUT2D eigenvalue weighted by Gasteiger charge is -2.27. The minimum Gasteiger partial charge on any atom is -0.445 e. The van der Waals surface area contributed by atoms with Gasteiger partial charge in [0.25, 0.3) is 17.4 Å². The van der Waals surface area contributed by atoms with Crippen LogP contribution in [0.4, 0.5) is 27.0 Å². The fraction of sp³-hybridized carbons (Fsp3) is 0.510. The van der Waals surface area contributed by atoms with E-state index < -0.39 is 143 Å². The molecule has 0 spiro atoms. The van der Waals surface area contributed by atoms with Crippen molar-refractivity contribution in [1.82, 2.24) is 65.2 Å². The number of anilines is 3. The molecule has 7 unspecified atom stereocenters. The van der Waals surface area contributed by atoms with Gasteiger partial charge in [-0.15, -0.1) is 0 Å². The van der Waals surface area contributed by atoms with Gasteiger partial charge in [-0.3, -0.25) is 65.9 Å². The van der Waals surface area contributed by atoms with Crippen LogP contribution in [-0.4, -0.2) is 176 Å². The third kappa shape index (κ3) is 16.2. The number of hydrogen-bond donors (Lipinski definition) is 12. The third-order valence-corrected chi connectivity index (χ3v) is 16.9. The summed E-state index contributed by atoms with van der Waals surface area (Å²) in [5.41, 5.74) is 16.9. The number of urea groups is 1. The van der Waals surface area contributed by atoms with Crippen molar-refractivity contribution in [2.75, 3.05) is 49.6 Å². The number of aliphatic hydroxyl groups is 1. The van der Waals surface area contributed by atoms with E-state index in [4.69, 9.17) is 49.5 Å². The quantitative estimate of drug-likeness (QED) is 0.0227. The van der Waals surface area contributed by atoms with Gasteiger partial charge in [0.05, 0.1) is 32.0 Å². The topological polar surface area (TPSA) is 528 Å². The number of carbonyl (C=O) groups excluding carboxylic acids is 7. The predicted molar refractivity (Wildman–Crippen MR) is 309 cm³/mol. The van der Waals surface area contributed by atoms with Crippen LogP contribution in [0.1, 0.15) is 76.8 Å². The SMILES string of the molecule is CC(C)C(NC(=O)CCCCCN1C(=O)C=CC1=O)C(=O)N[C@@H](CCCNC(N)=O)C(=O)Nc1ccc(COC(=O)NCCC2C3OP(=O)(O)OC[C@H]4O[C@@H](n5cnc6c(N)ncnc65)C(O)C4OP(=O)(O)OC[C@H]2O[C@H]3n2cnc3c(=O)[nH]c(N)nc32)cc1.